The van der Waals surface area contributed by atoms with Crippen molar-refractivity contribution in [3.63, 3.8) is 0 Å². The lowest BCUT2D eigenvalue weighted by Gasteiger charge is -1.91. The van der Waals surface area contributed by atoms with Crippen LogP contribution >= 0.6 is 24.0 Å². The molecule has 3 heterocycles. The molecule has 0 saturated carbocycles. The molecule has 31 heavy (non-hydrogen) atoms. The lowest BCUT2D eigenvalue weighted by atomic mass is 10.3. The molecule has 5 aromatic rings. The van der Waals surface area contributed by atoms with Crippen molar-refractivity contribution in [2.45, 2.75) is 10.2 Å². The Morgan fingerprint density at radius 2 is 1.45 bits per heavy atom. The molecule has 0 unspecified atom stereocenters. The van der Waals surface area contributed by atoms with Crippen LogP contribution in [0, 0.1) is 28.0 Å². The average Bonchev–Trinajstić information content (AvgIpc) is 3.41. The number of imidazole rings is 2. The van der Waals surface area contributed by atoms with E-state index >= 15 is 0 Å². The Balaban J connectivity index is 0.000000166. The molecule has 0 aliphatic rings. The van der Waals surface area contributed by atoms with Crippen LogP contribution in [-0.2, 0) is 0 Å². The number of nitrogens with zero attached hydrogens (tertiary/aromatic N) is 1. The summed E-state index contributed by atoms with van der Waals surface area (Å²) in [6.45, 7) is 0. The molecule has 3 aromatic heterocycles. The second-order valence-electron chi connectivity index (χ2n) is 6.09. The first-order chi connectivity index (χ1) is 14.8. The molecule has 0 fully saturated rings. The number of aldehydes is 1. The minimum atomic E-state index is -0.947. The van der Waals surface area contributed by atoms with Gasteiger partial charge in [0.05, 0.1) is 22.1 Å². The van der Waals surface area contributed by atoms with Gasteiger partial charge in [-0.3, -0.25) is 4.79 Å². The summed E-state index contributed by atoms with van der Waals surface area (Å²) in [7, 11) is 0. The van der Waals surface area contributed by atoms with Gasteiger partial charge in [0.1, 0.15) is 0 Å². The van der Waals surface area contributed by atoms with Crippen LogP contribution in [0.4, 0.5) is 17.6 Å². The molecule has 2 aromatic carbocycles. The maximum atomic E-state index is 13.0. The molecule has 3 N–H and O–H groups in total. The van der Waals surface area contributed by atoms with E-state index in [1.807, 2.05) is 0 Å². The van der Waals surface area contributed by atoms with Crippen molar-refractivity contribution >= 4 is 52.3 Å². The van der Waals surface area contributed by atoms with Crippen LogP contribution in [0.15, 0.2) is 51.1 Å². The van der Waals surface area contributed by atoms with E-state index < -0.39 is 23.3 Å². The predicted molar refractivity (Wildman–Crippen MR) is 108 cm³/mol. The fourth-order valence-corrected chi connectivity index (χ4v) is 3.60. The van der Waals surface area contributed by atoms with E-state index in [9.17, 15) is 22.4 Å². The molecule has 0 bridgehead atoms. The van der Waals surface area contributed by atoms with Crippen LogP contribution in [0.1, 0.15) is 10.6 Å². The van der Waals surface area contributed by atoms with Crippen LogP contribution in [0.3, 0.4) is 0 Å². The molecule has 0 aliphatic carbocycles. The maximum Gasteiger partial charge on any atom is 0.185 e. The molecule has 6 nitrogen and oxygen atoms in total. The number of aromatic nitrogens is 4. The van der Waals surface area contributed by atoms with E-state index in [1.165, 1.54) is 6.07 Å². The number of H-pyrrole nitrogens is 3. The van der Waals surface area contributed by atoms with Crippen molar-refractivity contribution in [2.24, 2.45) is 0 Å². The van der Waals surface area contributed by atoms with Crippen LogP contribution < -0.4 is 0 Å². The number of carbonyl (C=O) groups is 1. The van der Waals surface area contributed by atoms with Crippen molar-refractivity contribution in [1.82, 2.24) is 19.9 Å². The molecular weight excluding hydrogens is 456 g/mol. The molecule has 0 amide bonds. The van der Waals surface area contributed by atoms with Gasteiger partial charge in [0.25, 0.3) is 0 Å². The van der Waals surface area contributed by atoms with Crippen LogP contribution in [0.25, 0.3) is 22.1 Å². The minimum Gasteiger partial charge on any atom is -0.447 e. The SMILES string of the molecule is Fc1cc2[nH]c(=S)[nH]c2cc1F.O=Cc1ccc(Sc2nc3cc(F)c(F)cc3[nH]2)o1. The second kappa shape index (κ2) is 8.40. The van der Waals surface area contributed by atoms with Crippen molar-refractivity contribution in [3.05, 3.63) is 70.2 Å². The highest BCUT2D eigenvalue weighted by Crippen LogP contribution is 2.29. The topological polar surface area (TPSA) is 90.5 Å². The molecule has 158 valence electrons. The number of hydrogen-bond acceptors (Lipinski definition) is 5. The van der Waals surface area contributed by atoms with E-state index in [0.29, 0.717) is 43.4 Å². The summed E-state index contributed by atoms with van der Waals surface area (Å²) in [6.07, 6.45) is 0.591. The predicted octanol–water partition coefficient (Wildman–Crippen LogP) is 5.90. The van der Waals surface area contributed by atoms with Crippen LogP contribution in [-0.4, -0.2) is 26.2 Å². The van der Waals surface area contributed by atoms with Gasteiger partial charge in [0.2, 0.25) is 0 Å². The fourth-order valence-electron chi connectivity index (χ4n) is 2.61. The first kappa shape index (κ1) is 20.9. The molecule has 0 atom stereocenters. The quantitative estimate of drug-likeness (QED) is 0.175. The van der Waals surface area contributed by atoms with Crippen molar-refractivity contribution < 1.29 is 26.8 Å². The molecule has 0 spiro atoms. The number of rotatable bonds is 3. The number of furan rings is 1. The van der Waals surface area contributed by atoms with E-state index in [4.69, 9.17) is 16.6 Å². The maximum absolute atomic E-state index is 13.0. The van der Waals surface area contributed by atoms with Gasteiger partial charge in [0.15, 0.2) is 50.3 Å². The van der Waals surface area contributed by atoms with E-state index in [0.717, 1.165) is 36.0 Å². The summed E-state index contributed by atoms with van der Waals surface area (Å²) < 4.78 is 56.8. The summed E-state index contributed by atoms with van der Waals surface area (Å²) in [5.41, 5.74) is 1.66. The highest BCUT2D eigenvalue weighted by molar-refractivity contribution is 7.99. The highest BCUT2D eigenvalue weighted by Gasteiger charge is 2.11. The number of benzene rings is 2. The number of halogens is 4. The minimum absolute atomic E-state index is 0.204. The zero-order valence-corrected chi connectivity index (χ0v) is 16.8. The van der Waals surface area contributed by atoms with Gasteiger partial charge in [-0.05, 0) is 36.1 Å². The smallest absolute Gasteiger partial charge is 0.185 e. The average molecular weight is 466 g/mol. The zero-order valence-electron chi connectivity index (χ0n) is 15.1. The Hall–Kier alpha value is -3.38. The van der Waals surface area contributed by atoms with E-state index in [1.54, 1.807) is 6.07 Å². The molecule has 12 heteroatoms. The third-order valence-corrected chi connectivity index (χ3v) is 4.99. The summed E-state index contributed by atoms with van der Waals surface area (Å²) in [6, 6.07) is 7.33. The van der Waals surface area contributed by atoms with E-state index in [-0.39, 0.29) is 5.76 Å². The summed E-state index contributed by atoms with van der Waals surface area (Å²) in [4.78, 5) is 22.8. The summed E-state index contributed by atoms with van der Waals surface area (Å²) >= 11 is 5.87. The second-order valence-corrected chi connectivity index (χ2v) is 7.49. The van der Waals surface area contributed by atoms with Crippen molar-refractivity contribution in [2.75, 3.05) is 0 Å². The van der Waals surface area contributed by atoms with Gasteiger partial charge in [-0.1, -0.05) is 0 Å². The molecule has 0 aliphatic heterocycles. The standard InChI is InChI=1S/C12H6F2N2O2S.C7H4F2N2S/c13-7-3-9-10(4-8(7)14)16-12(15-9)19-11-2-1-6(5-17)18-11;8-3-1-5-6(2-4(3)9)11-7(12)10-5/h1-5H,(H,15,16);1-2H,(H2,10,11,12). The third-order valence-electron chi connectivity index (χ3n) is 3.97. The fraction of sp³-hybridized carbons (Fsp3) is 0. The third kappa shape index (κ3) is 4.54. The van der Waals surface area contributed by atoms with Gasteiger partial charge >= 0.3 is 0 Å². The number of fused-ring (bicyclic) bond motifs is 2. The normalized spacial score (nSPS) is 11.0. The van der Waals surface area contributed by atoms with Gasteiger partial charge in [-0.15, -0.1) is 0 Å². The van der Waals surface area contributed by atoms with Crippen molar-refractivity contribution in [1.29, 1.82) is 0 Å². The summed E-state index contributed by atoms with van der Waals surface area (Å²) in [5, 5.41) is 0.883. The largest absolute Gasteiger partial charge is 0.447 e. The Bertz CT molecular complexity index is 1390. The lowest BCUT2D eigenvalue weighted by Crippen LogP contribution is -1.82. The Kier molecular flexibility index (Phi) is 5.65. The molecular formula is C19H10F4N4O2S2. The Morgan fingerprint density at radius 1 is 0.871 bits per heavy atom. The lowest BCUT2D eigenvalue weighted by molar-refractivity contribution is 0.109. The molecule has 0 saturated heterocycles. The van der Waals surface area contributed by atoms with Gasteiger partial charge in [-0.2, -0.15) is 0 Å². The van der Waals surface area contributed by atoms with Gasteiger partial charge in [-0.25, -0.2) is 22.5 Å². The van der Waals surface area contributed by atoms with Crippen LogP contribution in [0.2, 0.25) is 0 Å². The number of aromatic amines is 3. The Labute approximate surface area is 179 Å². The monoisotopic (exact) mass is 466 g/mol. The first-order valence-corrected chi connectivity index (χ1v) is 9.69. The van der Waals surface area contributed by atoms with Gasteiger partial charge < -0.3 is 19.4 Å². The van der Waals surface area contributed by atoms with E-state index in [2.05, 4.69) is 19.9 Å². The van der Waals surface area contributed by atoms with Gasteiger partial charge in [0, 0.05) is 24.3 Å². The highest BCUT2D eigenvalue weighted by atomic mass is 32.2. The number of nitrogens with one attached hydrogen (secondary N) is 3. The zero-order chi connectivity index (χ0) is 22.1. The molecule has 0 radical (unpaired) electrons. The Morgan fingerprint density at radius 3 is 2.03 bits per heavy atom. The summed E-state index contributed by atoms with van der Waals surface area (Å²) in [5.74, 6) is -3.44. The number of carbonyl (C=O) groups excluding carboxylic acids is 1. The van der Waals surface area contributed by atoms with Crippen molar-refractivity contribution in [3.8, 4) is 0 Å². The number of hydrogen-bond donors (Lipinski definition) is 3. The van der Waals surface area contributed by atoms with Crippen LogP contribution in [0.5, 0.6) is 0 Å². The first-order valence-electron chi connectivity index (χ1n) is 8.47. The molecule has 5 rings (SSSR count).